The van der Waals surface area contributed by atoms with Gasteiger partial charge in [-0.2, -0.15) is 0 Å². The van der Waals surface area contributed by atoms with E-state index in [2.05, 4.69) is 4.72 Å². The van der Waals surface area contributed by atoms with Gasteiger partial charge in [-0.05, 0) is 25.8 Å². The molecule has 0 saturated heterocycles. The number of nitrogens with two attached hydrogens (primary N) is 1. The third-order valence-electron chi connectivity index (χ3n) is 2.82. The van der Waals surface area contributed by atoms with Crippen LogP contribution < -0.4 is 10.5 Å². The first-order valence-electron chi connectivity index (χ1n) is 5.27. The average Bonchev–Trinajstić information content (AvgIpc) is 2.95. The maximum Gasteiger partial charge on any atom is 0.241 e. The lowest BCUT2D eigenvalue weighted by molar-refractivity contribution is 0.558. The highest BCUT2D eigenvalue weighted by Gasteiger charge is 2.41. The van der Waals surface area contributed by atoms with E-state index in [0.29, 0.717) is 5.56 Å². The fourth-order valence-electron chi connectivity index (χ4n) is 1.57. The molecule has 6 heteroatoms. The van der Waals surface area contributed by atoms with Gasteiger partial charge in [0, 0.05) is 11.1 Å². The van der Waals surface area contributed by atoms with Gasteiger partial charge < -0.3 is 5.73 Å². The van der Waals surface area contributed by atoms with Crippen LogP contribution in [0.3, 0.4) is 0 Å². The molecule has 0 radical (unpaired) electrons. The minimum absolute atomic E-state index is 0.0897. The van der Waals surface area contributed by atoms with Gasteiger partial charge in [0.05, 0.1) is 4.90 Å². The SMILES string of the molecule is CC1(NS(=O)(=O)c2ccccc2C(N)=S)CC1. The van der Waals surface area contributed by atoms with Gasteiger partial charge in [-0.15, -0.1) is 0 Å². The predicted octanol–water partition coefficient (Wildman–Crippen LogP) is 1.15. The summed E-state index contributed by atoms with van der Waals surface area (Å²) in [5, 5.41) is 0. The van der Waals surface area contributed by atoms with Crippen LogP contribution in [-0.4, -0.2) is 18.9 Å². The Kier molecular flexibility index (Phi) is 2.97. The molecule has 3 N–H and O–H groups in total. The van der Waals surface area contributed by atoms with Crippen molar-refractivity contribution in [2.75, 3.05) is 0 Å². The number of hydrogen-bond acceptors (Lipinski definition) is 3. The molecule has 0 bridgehead atoms. The Labute approximate surface area is 106 Å². The Morgan fingerprint density at radius 3 is 2.53 bits per heavy atom. The normalized spacial score (nSPS) is 17.7. The van der Waals surface area contributed by atoms with E-state index in [1.807, 2.05) is 6.92 Å². The number of nitrogens with one attached hydrogen (secondary N) is 1. The highest BCUT2D eigenvalue weighted by atomic mass is 32.2. The summed E-state index contributed by atoms with van der Waals surface area (Å²) in [5.41, 5.74) is 5.61. The molecule has 0 spiro atoms. The molecule has 1 aromatic carbocycles. The van der Waals surface area contributed by atoms with Crippen LogP contribution in [0.15, 0.2) is 29.2 Å². The molecule has 0 amide bonds. The van der Waals surface area contributed by atoms with Crippen molar-refractivity contribution in [1.29, 1.82) is 0 Å². The van der Waals surface area contributed by atoms with E-state index < -0.39 is 10.0 Å². The van der Waals surface area contributed by atoms with Crippen molar-refractivity contribution in [1.82, 2.24) is 4.72 Å². The summed E-state index contributed by atoms with van der Waals surface area (Å²) in [4.78, 5) is 0.243. The number of rotatable bonds is 4. The molecule has 4 nitrogen and oxygen atoms in total. The van der Waals surface area contributed by atoms with Crippen molar-refractivity contribution in [2.24, 2.45) is 5.73 Å². The molecule has 2 rings (SSSR count). The van der Waals surface area contributed by atoms with Gasteiger partial charge in [-0.25, -0.2) is 13.1 Å². The topological polar surface area (TPSA) is 72.2 Å². The second kappa shape index (κ2) is 4.04. The third kappa shape index (κ3) is 2.65. The molecule has 1 aliphatic carbocycles. The number of thiocarbonyl (C=S) groups is 1. The molecular formula is C11H14N2O2S2. The first-order valence-corrected chi connectivity index (χ1v) is 7.16. The lowest BCUT2D eigenvalue weighted by Crippen LogP contribution is -2.35. The van der Waals surface area contributed by atoms with Gasteiger partial charge in [-0.1, -0.05) is 30.4 Å². The van der Waals surface area contributed by atoms with Crippen LogP contribution in [0, 0.1) is 0 Å². The van der Waals surface area contributed by atoms with Crippen molar-refractivity contribution in [2.45, 2.75) is 30.2 Å². The van der Waals surface area contributed by atoms with Crippen molar-refractivity contribution >= 4 is 27.2 Å². The van der Waals surface area contributed by atoms with Gasteiger partial charge in [0.15, 0.2) is 0 Å². The number of hydrogen-bond donors (Lipinski definition) is 2. The van der Waals surface area contributed by atoms with E-state index in [-0.39, 0.29) is 15.4 Å². The van der Waals surface area contributed by atoms with E-state index in [0.717, 1.165) is 12.8 Å². The quantitative estimate of drug-likeness (QED) is 0.805. The smallest absolute Gasteiger partial charge is 0.241 e. The molecule has 1 aliphatic rings. The largest absolute Gasteiger partial charge is 0.389 e. The summed E-state index contributed by atoms with van der Waals surface area (Å²) >= 11 is 4.86. The first kappa shape index (κ1) is 12.5. The number of sulfonamides is 1. The lowest BCUT2D eigenvalue weighted by atomic mass is 10.2. The molecule has 0 aromatic heterocycles. The monoisotopic (exact) mass is 270 g/mol. The summed E-state index contributed by atoms with van der Waals surface area (Å²) in [7, 11) is -3.55. The van der Waals surface area contributed by atoms with Crippen molar-refractivity contribution in [3.8, 4) is 0 Å². The Balaban J connectivity index is 2.42. The van der Waals surface area contributed by atoms with Crippen LogP contribution in [-0.2, 0) is 10.0 Å². The molecule has 1 fully saturated rings. The third-order valence-corrected chi connectivity index (χ3v) is 4.74. The summed E-state index contributed by atoms with van der Waals surface area (Å²) < 4.78 is 27.0. The summed E-state index contributed by atoms with van der Waals surface area (Å²) in [6, 6.07) is 6.51. The predicted molar refractivity (Wildman–Crippen MR) is 70.3 cm³/mol. The fraction of sp³-hybridized carbons (Fsp3) is 0.364. The molecule has 0 aliphatic heterocycles. The van der Waals surface area contributed by atoms with Crippen molar-refractivity contribution < 1.29 is 8.42 Å². The van der Waals surface area contributed by atoms with Crippen LogP contribution in [0.2, 0.25) is 0 Å². The lowest BCUT2D eigenvalue weighted by Gasteiger charge is -2.14. The van der Waals surface area contributed by atoms with Crippen LogP contribution in [0.25, 0.3) is 0 Å². The van der Waals surface area contributed by atoms with Gasteiger partial charge >= 0.3 is 0 Å². The maximum absolute atomic E-state index is 12.2. The zero-order valence-corrected chi connectivity index (χ0v) is 11.1. The van der Waals surface area contributed by atoms with Gasteiger partial charge in [0.25, 0.3) is 0 Å². The van der Waals surface area contributed by atoms with Gasteiger partial charge in [0.2, 0.25) is 10.0 Å². The zero-order valence-electron chi connectivity index (χ0n) is 9.43. The molecule has 0 unspecified atom stereocenters. The van der Waals surface area contributed by atoms with Crippen LogP contribution in [0.5, 0.6) is 0 Å². The molecule has 0 heterocycles. The number of benzene rings is 1. The summed E-state index contributed by atoms with van der Waals surface area (Å²) in [6.07, 6.45) is 1.73. The molecular weight excluding hydrogens is 256 g/mol. The highest BCUT2D eigenvalue weighted by molar-refractivity contribution is 7.89. The van der Waals surface area contributed by atoms with Crippen molar-refractivity contribution in [3.63, 3.8) is 0 Å². The standard InChI is InChI=1S/C11H14N2O2S2/c1-11(6-7-11)13-17(14,15)9-5-3-2-4-8(9)10(12)16/h2-5,13H,6-7H2,1H3,(H2,12,16). The molecule has 17 heavy (non-hydrogen) atoms. The van der Waals surface area contributed by atoms with E-state index >= 15 is 0 Å². The van der Waals surface area contributed by atoms with Crippen molar-refractivity contribution in [3.05, 3.63) is 29.8 Å². The van der Waals surface area contributed by atoms with Gasteiger partial charge in [0.1, 0.15) is 4.99 Å². The minimum atomic E-state index is -3.55. The second-order valence-electron chi connectivity index (χ2n) is 4.53. The summed E-state index contributed by atoms with van der Waals surface area (Å²) in [5.74, 6) is 0. The zero-order chi connectivity index (χ0) is 12.7. The minimum Gasteiger partial charge on any atom is -0.389 e. The summed E-state index contributed by atoms with van der Waals surface area (Å²) in [6.45, 7) is 1.88. The molecule has 92 valence electrons. The van der Waals surface area contributed by atoms with E-state index in [1.54, 1.807) is 18.2 Å². The molecule has 0 atom stereocenters. The Bertz CT molecular complexity index is 563. The highest BCUT2D eigenvalue weighted by Crippen LogP contribution is 2.36. The maximum atomic E-state index is 12.2. The Morgan fingerprint density at radius 2 is 2.00 bits per heavy atom. The Hall–Kier alpha value is -0.980. The Morgan fingerprint density at radius 1 is 1.41 bits per heavy atom. The second-order valence-corrected chi connectivity index (χ2v) is 6.62. The van der Waals surface area contributed by atoms with E-state index in [9.17, 15) is 8.42 Å². The fourth-order valence-corrected chi connectivity index (χ4v) is 3.50. The first-order chi connectivity index (χ1) is 7.84. The van der Waals surface area contributed by atoms with Crippen LogP contribution in [0.4, 0.5) is 0 Å². The molecule has 1 aromatic rings. The van der Waals surface area contributed by atoms with E-state index in [1.165, 1.54) is 6.07 Å². The van der Waals surface area contributed by atoms with Crippen LogP contribution in [0.1, 0.15) is 25.3 Å². The molecule has 1 saturated carbocycles. The average molecular weight is 270 g/mol. The van der Waals surface area contributed by atoms with E-state index in [4.69, 9.17) is 18.0 Å². The van der Waals surface area contributed by atoms with Gasteiger partial charge in [-0.3, -0.25) is 0 Å². The van der Waals surface area contributed by atoms with Crippen LogP contribution >= 0.6 is 12.2 Å².